The van der Waals surface area contributed by atoms with Gasteiger partial charge in [-0.05, 0) is 43.5 Å². The number of aliphatic hydroxyl groups is 1. The third kappa shape index (κ3) is 4.36. The summed E-state index contributed by atoms with van der Waals surface area (Å²) < 4.78 is 5.67. The van der Waals surface area contributed by atoms with Gasteiger partial charge in [0.25, 0.3) is 5.91 Å². The minimum absolute atomic E-state index is 0.0606. The van der Waals surface area contributed by atoms with Crippen LogP contribution in [0.2, 0.25) is 0 Å². The molecule has 3 N–H and O–H groups in total. The van der Waals surface area contributed by atoms with E-state index in [1.165, 1.54) is 6.42 Å². The van der Waals surface area contributed by atoms with Gasteiger partial charge < -0.3 is 20.2 Å². The number of rotatable bonds is 8. The second kappa shape index (κ2) is 8.11. The summed E-state index contributed by atoms with van der Waals surface area (Å²) in [6.45, 7) is 2.31. The average Bonchev–Trinajstić information content (AvgIpc) is 3.05. The maximum Gasteiger partial charge on any atom is 0.251 e. The van der Waals surface area contributed by atoms with Crippen LogP contribution >= 0.6 is 0 Å². The highest BCUT2D eigenvalue weighted by Crippen LogP contribution is 2.35. The van der Waals surface area contributed by atoms with E-state index in [9.17, 15) is 4.79 Å². The molecular weight excluding hydrogens is 320 g/mol. The van der Waals surface area contributed by atoms with E-state index in [1.54, 1.807) is 12.1 Å². The number of nitrogens with one attached hydrogen (secondary N) is 2. The maximum absolute atomic E-state index is 12.1. The van der Waals surface area contributed by atoms with Crippen LogP contribution in [0.1, 0.15) is 60.7 Å². The number of aromatic nitrogens is 2. The minimum atomic E-state index is -0.215. The van der Waals surface area contributed by atoms with Crippen LogP contribution in [-0.2, 0) is 6.54 Å². The lowest BCUT2D eigenvalue weighted by Crippen LogP contribution is -2.36. The van der Waals surface area contributed by atoms with Crippen LogP contribution in [0.5, 0.6) is 0 Å². The van der Waals surface area contributed by atoms with Crippen LogP contribution < -0.4 is 10.6 Å². The smallest absolute Gasteiger partial charge is 0.251 e. The lowest BCUT2D eigenvalue weighted by molar-refractivity contribution is 0.0915. The first-order valence-electron chi connectivity index (χ1n) is 8.77. The molecule has 25 heavy (non-hydrogen) atoms. The van der Waals surface area contributed by atoms with Crippen molar-refractivity contribution >= 4 is 11.6 Å². The fourth-order valence-corrected chi connectivity index (χ4v) is 2.62. The molecule has 1 aromatic carbocycles. The topological polar surface area (TPSA) is 100 Å². The monoisotopic (exact) mass is 344 g/mol. The second-order valence-corrected chi connectivity index (χ2v) is 6.35. The molecule has 1 atom stereocenters. The Bertz CT molecular complexity index is 691. The molecule has 2 aromatic rings. The van der Waals surface area contributed by atoms with Gasteiger partial charge in [-0.15, -0.1) is 10.2 Å². The number of benzene rings is 1. The molecular formula is C18H24N4O3. The summed E-state index contributed by atoms with van der Waals surface area (Å²) in [6.07, 6.45) is 4.19. The lowest BCUT2D eigenvalue weighted by atomic mass is 9.85. The first-order valence-corrected chi connectivity index (χ1v) is 8.77. The molecule has 1 aliphatic carbocycles. The van der Waals surface area contributed by atoms with Crippen molar-refractivity contribution < 1.29 is 14.3 Å². The van der Waals surface area contributed by atoms with Crippen molar-refractivity contribution in [2.45, 2.75) is 51.1 Å². The Kier molecular flexibility index (Phi) is 5.65. The van der Waals surface area contributed by atoms with E-state index in [4.69, 9.17) is 9.52 Å². The molecule has 134 valence electrons. The maximum atomic E-state index is 12.1. The van der Waals surface area contributed by atoms with Crippen LogP contribution in [-0.4, -0.2) is 33.9 Å². The Morgan fingerprint density at radius 1 is 1.32 bits per heavy atom. The largest absolute Gasteiger partial charge is 0.423 e. The zero-order valence-electron chi connectivity index (χ0n) is 14.4. The molecule has 0 radical (unpaired) electrons. The Morgan fingerprint density at radius 2 is 2.08 bits per heavy atom. The number of aliphatic hydroxyl groups excluding tert-OH is 1. The standard InChI is InChI=1S/C18H24N4O3/c1-2-14(11-23)20-17(24)12-6-8-15(9-7-12)19-10-16-21-22-18(25-16)13-4-3-5-13/h6-9,13-14,19,23H,2-5,10-11H2,1H3,(H,20,24). The Hall–Kier alpha value is -2.41. The van der Waals surface area contributed by atoms with Gasteiger partial charge in [-0.2, -0.15) is 0 Å². The van der Waals surface area contributed by atoms with Crippen molar-refractivity contribution in [3.63, 3.8) is 0 Å². The number of amides is 1. The highest BCUT2D eigenvalue weighted by Gasteiger charge is 2.25. The molecule has 1 heterocycles. The van der Waals surface area contributed by atoms with E-state index >= 15 is 0 Å². The number of hydrogen-bond acceptors (Lipinski definition) is 6. The molecule has 0 spiro atoms. The van der Waals surface area contributed by atoms with Crippen LogP contribution in [0.4, 0.5) is 5.69 Å². The molecule has 1 unspecified atom stereocenters. The predicted octanol–water partition coefficient (Wildman–Crippen LogP) is 2.45. The molecule has 7 nitrogen and oxygen atoms in total. The molecule has 1 amide bonds. The Balaban J connectivity index is 1.52. The van der Waals surface area contributed by atoms with Gasteiger partial charge in [0, 0.05) is 17.2 Å². The van der Waals surface area contributed by atoms with Gasteiger partial charge in [-0.25, -0.2) is 0 Å². The number of nitrogens with zero attached hydrogens (tertiary/aromatic N) is 2. The molecule has 1 saturated carbocycles. The molecule has 1 aromatic heterocycles. The van der Waals surface area contributed by atoms with E-state index in [-0.39, 0.29) is 18.6 Å². The molecule has 0 bridgehead atoms. The van der Waals surface area contributed by atoms with Crippen molar-refractivity contribution in [1.29, 1.82) is 0 Å². The normalized spacial score (nSPS) is 15.4. The molecule has 0 aliphatic heterocycles. The fourth-order valence-electron chi connectivity index (χ4n) is 2.62. The van der Waals surface area contributed by atoms with Gasteiger partial charge in [0.1, 0.15) is 0 Å². The quantitative estimate of drug-likeness (QED) is 0.680. The summed E-state index contributed by atoms with van der Waals surface area (Å²) in [7, 11) is 0. The summed E-state index contributed by atoms with van der Waals surface area (Å²) in [5.41, 5.74) is 1.43. The van der Waals surface area contributed by atoms with Crippen molar-refractivity contribution in [1.82, 2.24) is 15.5 Å². The summed E-state index contributed by atoms with van der Waals surface area (Å²) in [4.78, 5) is 12.1. The van der Waals surface area contributed by atoms with Gasteiger partial charge in [-0.1, -0.05) is 13.3 Å². The van der Waals surface area contributed by atoms with Crippen molar-refractivity contribution in [3.05, 3.63) is 41.6 Å². The van der Waals surface area contributed by atoms with Gasteiger partial charge >= 0.3 is 0 Å². The molecule has 0 saturated heterocycles. The van der Waals surface area contributed by atoms with Gasteiger partial charge in [0.2, 0.25) is 11.8 Å². The van der Waals surface area contributed by atoms with Gasteiger partial charge in [-0.3, -0.25) is 4.79 Å². The van der Waals surface area contributed by atoms with Crippen LogP contribution in [0, 0.1) is 0 Å². The van der Waals surface area contributed by atoms with Crippen molar-refractivity contribution in [2.24, 2.45) is 0 Å². The third-order valence-electron chi connectivity index (χ3n) is 4.58. The zero-order valence-corrected chi connectivity index (χ0v) is 14.4. The van der Waals surface area contributed by atoms with Crippen LogP contribution in [0.25, 0.3) is 0 Å². The molecule has 1 fully saturated rings. The van der Waals surface area contributed by atoms with Crippen LogP contribution in [0.15, 0.2) is 28.7 Å². The predicted molar refractivity (Wildman–Crippen MR) is 93.3 cm³/mol. The number of anilines is 1. The van der Waals surface area contributed by atoms with E-state index in [0.29, 0.717) is 30.3 Å². The first-order chi connectivity index (χ1) is 12.2. The summed E-state index contributed by atoms with van der Waals surface area (Å²) >= 11 is 0. The second-order valence-electron chi connectivity index (χ2n) is 6.35. The average molecular weight is 344 g/mol. The fraction of sp³-hybridized carbons (Fsp3) is 0.500. The highest BCUT2D eigenvalue weighted by atomic mass is 16.4. The number of carbonyl (C=O) groups is 1. The van der Waals surface area contributed by atoms with Gasteiger partial charge in [0.15, 0.2) is 0 Å². The summed E-state index contributed by atoms with van der Waals surface area (Å²) in [6, 6.07) is 6.94. The zero-order chi connectivity index (χ0) is 17.6. The summed E-state index contributed by atoms with van der Waals surface area (Å²) in [5.74, 6) is 1.56. The molecule has 7 heteroatoms. The van der Waals surface area contributed by atoms with Gasteiger partial charge in [0.05, 0.1) is 19.2 Å². The Labute approximate surface area is 146 Å². The van der Waals surface area contributed by atoms with Crippen molar-refractivity contribution in [2.75, 3.05) is 11.9 Å². The van der Waals surface area contributed by atoms with Crippen molar-refractivity contribution in [3.8, 4) is 0 Å². The minimum Gasteiger partial charge on any atom is -0.423 e. The number of carbonyl (C=O) groups excluding carboxylic acids is 1. The lowest BCUT2D eigenvalue weighted by Gasteiger charge is -2.20. The number of hydrogen-bond donors (Lipinski definition) is 3. The third-order valence-corrected chi connectivity index (χ3v) is 4.58. The van der Waals surface area contributed by atoms with E-state index in [0.717, 1.165) is 24.4 Å². The van der Waals surface area contributed by atoms with E-state index in [2.05, 4.69) is 20.8 Å². The SMILES string of the molecule is CCC(CO)NC(=O)c1ccc(NCc2nnc(C3CCC3)o2)cc1. The molecule has 3 rings (SSSR count). The highest BCUT2D eigenvalue weighted by molar-refractivity contribution is 5.94. The Morgan fingerprint density at radius 3 is 2.68 bits per heavy atom. The van der Waals surface area contributed by atoms with Crippen LogP contribution in [0.3, 0.4) is 0 Å². The molecule has 1 aliphatic rings. The summed E-state index contributed by atoms with van der Waals surface area (Å²) in [5, 5.41) is 23.3. The van der Waals surface area contributed by atoms with E-state index < -0.39 is 0 Å². The van der Waals surface area contributed by atoms with E-state index in [1.807, 2.05) is 19.1 Å². The first kappa shape index (κ1) is 17.4.